The van der Waals surface area contributed by atoms with Crippen LogP contribution in [0.3, 0.4) is 0 Å². The standard InChI is InChI=1S/C19H15FN6O2/c20-16-10-14(3-4-17(16)26-11-15(23-13-26)2-1-7-21)19(6-8-24-28-19)12-22-18-5-9-27-25-18/h1-6,8-11,13,24H,12H2,(H,22,25)/b2-1+. The van der Waals surface area contributed by atoms with Crippen LogP contribution in [0.5, 0.6) is 0 Å². The maximum atomic E-state index is 14.9. The Morgan fingerprint density at radius 1 is 1.39 bits per heavy atom. The molecule has 1 aromatic carbocycles. The Kier molecular flexibility index (Phi) is 4.62. The van der Waals surface area contributed by atoms with Crippen molar-refractivity contribution in [3.63, 3.8) is 0 Å². The van der Waals surface area contributed by atoms with E-state index in [-0.39, 0.29) is 0 Å². The molecular formula is C19H15FN6O2. The summed E-state index contributed by atoms with van der Waals surface area (Å²) in [7, 11) is 0. The number of rotatable bonds is 6. The fourth-order valence-corrected chi connectivity index (χ4v) is 2.88. The maximum Gasteiger partial charge on any atom is 0.169 e. The van der Waals surface area contributed by atoms with Gasteiger partial charge in [0.15, 0.2) is 11.4 Å². The van der Waals surface area contributed by atoms with Crippen molar-refractivity contribution in [3.8, 4) is 11.8 Å². The van der Waals surface area contributed by atoms with E-state index in [1.165, 1.54) is 24.7 Å². The summed E-state index contributed by atoms with van der Waals surface area (Å²) in [5, 5.41) is 15.5. The Balaban J connectivity index is 1.60. The maximum absolute atomic E-state index is 14.9. The number of hydroxylamine groups is 1. The molecular weight excluding hydrogens is 363 g/mol. The molecule has 0 saturated heterocycles. The molecule has 0 radical (unpaired) electrons. The minimum atomic E-state index is -0.909. The van der Waals surface area contributed by atoms with E-state index in [2.05, 4.69) is 20.9 Å². The highest BCUT2D eigenvalue weighted by molar-refractivity contribution is 5.49. The molecule has 1 unspecified atom stereocenters. The van der Waals surface area contributed by atoms with Crippen LogP contribution in [0.1, 0.15) is 11.3 Å². The fraction of sp³-hybridized carbons (Fsp3) is 0.105. The third kappa shape index (κ3) is 3.36. The molecule has 0 fully saturated rings. The number of allylic oxidation sites excluding steroid dienone is 1. The number of aromatic nitrogens is 3. The smallest absolute Gasteiger partial charge is 0.169 e. The summed E-state index contributed by atoms with van der Waals surface area (Å²) < 4.78 is 21.2. The Hall–Kier alpha value is -3.90. The van der Waals surface area contributed by atoms with Crippen LogP contribution >= 0.6 is 0 Å². The SMILES string of the molecule is N#C/C=C/c1cn(-c2ccc(C3(CNc4ccon4)C=CNO3)cc2F)cn1. The predicted molar refractivity (Wildman–Crippen MR) is 98.2 cm³/mol. The Bertz CT molecular complexity index is 1070. The molecule has 0 aliphatic carbocycles. The van der Waals surface area contributed by atoms with Crippen molar-refractivity contribution in [2.75, 3.05) is 11.9 Å². The lowest BCUT2D eigenvalue weighted by atomic mass is 9.93. The topological polar surface area (TPSA) is 101 Å². The van der Waals surface area contributed by atoms with Crippen LogP contribution in [-0.2, 0) is 10.4 Å². The van der Waals surface area contributed by atoms with Gasteiger partial charge in [0.05, 0.1) is 30.3 Å². The quantitative estimate of drug-likeness (QED) is 0.636. The van der Waals surface area contributed by atoms with E-state index >= 15 is 0 Å². The molecule has 4 rings (SSSR count). The van der Waals surface area contributed by atoms with Gasteiger partial charge in [-0.3, -0.25) is 10.3 Å². The van der Waals surface area contributed by atoms with E-state index in [0.717, 1.165) is 0 Å². The summed E-state index contributed by atoms with van der Waals surface area (Å²) in [5.74, 6) is 0.118. The Labute approximate surface area is 159 Å². The zero-order chi connectivity index (χ0) is 19.4. The number of anilines is 1. The van der Waals surface area contributed by atoms with Crippen molar-refractivity contribution in [2.24, 2.45) is 0 Å². The minimum absolute atomic E-state index is 0.315. The first-order valence-electron chi connectivity index (χ1n) is 8.36. The average molecular weight is 378 g/mol. The normalized spacial score (nSPS) is 18.3. The average Bonchev–Trinajstić information content (AvgIpc) is 3.47. The second-order valence-electron chi connectivity index (χ2n) is 6.02. The van der Waals surface area contributed by atoms with Crippen molar-refractivity contribution in [3.05, 3.63) is 78.5 Å². The molecule has 2 aromatic heterocycles. The minimum Gasteiger partial charge on any atom is -0.364 e. The summed E-state index contributed by atoms with van der Waals surface area (Å²) in [4.78, 5) is 9.80. The lowest BCUT2D eigenvalue weighted by molar-refractivity contribution is -0.0321. The highest BCUT2D eigenvalue weighted by Crippen LogP contribution is 2.32. The van der Waals surface area contributed by atoms with Gasteiger partial charge in [-0.25, -0.2) is 9.37 Å². The van der Waals surface area contributed by atoms with E-state index in [1.54, 1.807) is 47.3 Å². The van der Waals surface area contributed by atoms with Crippen molar-refractivity contribution in [2.45, 2.75) is 5.60 Å². The first kappa shape index (κ1) is 17.5. The molecule has 8 nitrogen and oxygen atoms in total. The van der Waals surface area contributed by atoms with Gasteiger partial charge in [-0.1, -0.05) is 11.2 Å². The third-order valence-corrected chi connectivity index (χ3v) is 4.28. The second kappa shape index (κ2) is 7.38. The molecule has 2 N–H and O–H groups in total. The summed E-state index contributed by atoms with van der Waals surface area (Å²) in [6.45, 7) is 0.315. The van der Waals surface area contributed by atoms with Gasteiger partial charge in [0, 0.05) is 24.5 Å². The number of benzene rings is 1. The molecule has 140 valence electrons. The first-order valence-corrected chi connectivity index (χ1v) is 8.36. The summed E-state index contributed by atoms with van der Waals surface area (Å²) in [6, 6.07) is 8.43. The van der Waals surface area contributed by atoms with Crippen LogP contribution in [0.15, 0.2) is 65.9 Å². The Morgan fingerprint density at radius 2 is 2.32 bits per heavy atom. The molecule has 1 aliphatic heterocycles. The fourth-order valence-electron chi connectivity index (χ4n) is 2.88. The summed E-state index contributed by atoms with van der Waals surface area (Å²) in [5.41, 5.74) is 3.30. The van der Waals surface area contributed by atoms with Gasteiger partial charge >= 0.3 is 0 Å². The zero-order valence-electron chi connectivity index (χ0n) is 14.5. The Morgan fingerprint density at radius 3 is 3.04 bits per heavy atom. The van der Waals surface area contributed by atoms with Crippen molar-refractivity contribution >= 4 is 11.9 Å². The van der Waals surface area contributed by atoms with Crippen molar-refractivity contribution in [1.29, 1.82) is 5.26 Å². The van der Waals surface area contributed by atoms with Gasteiger partial charge in [-0.2, -0.15) is 5.26 Å². The molecule has 3 heterocycles. The van der Waals surface area contributed by atoms with Crippen LogP contribution in [-0.4, -0.2) is 21.3 Å². The highest BCUT2D eigenvalue weighted by Gasteiger charge is 2.35. The molecule has 1 aliphatic rings. The van der Waals surface area contributed by atoms with E-state index in [1.807, 2.05) is 6.07 Å². The molecule has 9 heteroatoms. The van der Waals surface area contributed by atoms with E-state index in [4.69, 9.17) is 14.6 Å². The summed E-state index contributed by atoms with van der Waals surface area (Å²) >= 11 is 0. The lowest BCUT2D eigenvalue weighted by Gasteiger charge is -2.27. The van der Waals surface area contributed by atoms with Crippen LogP contribution in [0.2, 0.25) is 0 Å². The van der Waals surface area contributed by atoms with Gasteiger partial charge in [0.2, 0.25) is 0 Å². The van der Waals surface area contributed by atoms with E-state index in [9.17, 15) is 4.39 Å². The first-order chi connectivity index (χ1) is 13.7. The molecule has 0 bridgehead atoms. The van der Waals surface area contributed by atoms with Crippen LogP contribution in [0.4, 0.5) is 10.2 Å². The predicted octanol–water partition coefficient (Wildman–Crippen LogP) is 2.89. The van der Waals surface area contributed by atoms with E-state index in [0.29, 0.717) is 29.3 Å². The molecule has 3 aromatic rings. The molecule has 0 spiro atoms. The van der Waals surface area contributed by atoms with Crippen LogP contribution < -0.4 is 10.8 Å². The number of halogens is 1. The number of nitrogens with zero attached hydrogens (tertiary/aromatic N) is 4. The number of imidazole rings is 1. The molecule has 0 saturated carbocycles. The van der Waals surface area contributed by atoms with Gasteiger partial charge in [-0.05, 0) is 29.8 Å². The summed E-state index contributed by atoms with van der Waals surface area (Å²) in [6.07, 6.45) is 10.9. The monoisotopic (exact) mass is 378 g/mol. The molecule has 0 amide bonds. The number of nitriles is 1. The van der Waals surface area contributed by atoms with Gasteiger partial charge in [-0.15, -0.1) is 0 Å². The molecule has 1 atom stereocenters. The highest BCUT2D eigenvalue weighted by atomic mass is 19.1. The lowest BCUT2D eigenvalue weighted by Crippen LogP contribution is -2.35. The number of nitrogens with one attached hydrogen (secondary N) is 2. The zero-order valence-corrected chi connectivity index (χ0v) is 14.5. The van der Waals surface area contributed by atoms with Gasteiger partial charge in [0.1, 0.15) is 12.1 Å². The van der Waals surface area contributed by atoms with Crippen molar-refractivity contribution in [1.82, 2.24) is 20.2 Å². The largest absolute Gasteiger partial charge is 0.364 e. The molecule has 28 heavy (non-hydrogen) atoms. The third-order valence-electron chi connectivity index (χ3n) is 4.28. The second-order valence-corrected chi connectivity index (χ2v) is 6.02. The van der Waals surface area contributed by atoms with Crippen LogP contribution in [0, 0.1) is 17.1 Å². The van der Waals surface area contributed by atoms with Gasteiger partial charge < -0.3 is 14.4 Å². The van der Waals surface area contributed by atoms with Gasteiger partial charge in [0.25, 0.3) is 0 Å². The number of hydrogen-bond donors (Lipinski definition) is 2. The number of hydrogen-bond acceptors (Lipinski definition) is 7. The van der Waals surface area contributed by atoms with Crippen molar-refractivity contribution < 1.29 is 13.8 Å². The van der Waals surface area contributed by atoms with E-state index < -0.39 is 11.4 Å². The van der Waals surface area contributed by atoms with Crippen LogP contribution in [0.25, 0.3) is 11.8 Å².